The van der Waals surface area contributed by atoms with E-state index < -0.39 is 45.6 Å². The predicted molar refractivity (Wildman–Crippen MR) is 195 cm³/mol. The molecule has 3 aliphatic rings. The first-order valence-corrected chi connectivity index (χ1v) is 18.2. The van der Waals surface area contributed by atoms with Crippen LogP contribution >= 0.6 is 11.8 Å². The standard InChI is InChI=1S/C42H38N2O7S/c1-25-29-20-13-21-32(49-23-26-14-7-4-8-15-26)33(29)38(46)42(52-28-18-11-6-12-19-28)30(25)22-31-35(44(2)3)36-34(37(45)41(31,48)40(42)47)39(43-51-36)50-24-27-16-9-5-10-17-27/h4-21,25,30-31,35,48H,22-24H2,1-3H3/t25-,30-,31-,35-,41+,42+/m0/s1. The van der Waals surface area contributed by atoms with E-state index in [1.165, 1.54) is 0 Å². The molecule has 3 aliphatic carbocycles. The molecule has 10 heteroatoms. The number of nitrogens with zero attached hydrogens (tertiary/aromatic N) is 2. The molecule has 6 atom stereocenters. The highest BCUT2D eigenvalue weighted by atomic mass is 32.2. The van der Waals surface area contributed by atoms with E-state index in [-0.39, 0.29) is 42.8 Å². The molecule has 0 amide bonds. The summed E-state index contributed by atoms with van der Waals surface area (Å²) in [4.78, 5) is 48.4. The Morgan fingerprint density at radius 3 is 2.04 bits per heavy atom. The maximum absolute atomic E-state index is 15.6. The van der Waals surface area contributed by atoms with Crippen molar-refractivity contribution in [3.05, 3.63) is 143 Å². The van der Waals surface area contributed by atoms with Crippen molar-refractivity contribution in [1.82, 2.24) is 10.1 Å². The van der Waals surface area contributed by atoms with Gasteiger partial charge in [-0.25, -0.2) is 0 Å². The molecule has 1 N–H and O–H groups in total. The number of ether oxygens (including phenoxy) is 2. The highest BCUT2D eigenvalue weighted by molar-refractivity contribution is 8.02. The fourth-order valence-corrected chi connectivity index (χ4v) is 10.0. The van der Waals surface area contributed by atoms with Gasteiger partial charge in [-0.1, -0.05) is 97.9 Å². The Morgan fingerprint density at radius 1 is 0.788 bits per heavy atom. The van der Waals surface area contributed by atoms with E-state index >= 15 is 9.59 Å². The number of carbonyl (C=O) groups excluding carboxylic acids is 3. The molecule has 9 nitrogen and oxygen atoms in total. The Morgan fingerprint density at radius 2 is 1.40 bits per heavy atom. The van der Waals surface area contributed by atoms with Crippen LogP contribution in [0.2, 0.25) is 0 Å². The van der Waals surface area contributed by atoms with Gasteiger partial charge in [0.15, 0.2) is 22.9 Å². The third kappa shape index (κ3) is 5.23. The molecule has 8 rings (SSSR count). The number of Topliss-reactive ketones (excluding diaryl/α,β-unsaturated/α-hetero) is 3. The van der Waals surface area contributed by atoms with Crippen LogP contribution in [-0.2, 0) is 18.0 Å². The van der Waals surface area contributed by atoms with E-state index in [2.05, 4.69) is 5.16 Å². The van der Waals surface area contributed by atoms with E-state index in [0.717, 1.165) is 28.5 Å². The number of benzene rings is 4. The topological polar surface area (TPSA) is 119 Å². The van der Waals surface area contributed by atoms with E-state index in [1.54, 1.807) is 6.07 Å². The average molecular weight is 715 g/mol. The molecular weight excluding hydrogens is 677 g/mol. The Balaban J connectivity index is 1.27. The zero-order valence-electron chi connectivity index (χ0n) is 29.0. The van der Waals surface area contributed by atoms with Crippen LogP contribution in [0.1, 0.15) is 68.5 Å². The maximum Gasteiger partial charge on any atom is 0.265 e. The summed E-state index contributed by atoms with van der Waals surface area (Å²) in [7, 11) is 3.62. The minimum absolute atomic E-state index is 0.0800. The summed E-state index contributed by atoms with van der Waals surface area (Å²) in [5.41, 5.74) is 0.150. The summed E-state index contributed by atoms with van der Waals surface area (Å²) in [6.07, 6.45) is 0.179. The minimum atomic E-state index is -2.59. The number of carbonyl (C=O) groups is 3. The first-order chi connectivity index (χ1) is 25.2. The maximum atomic E-state index is 15.6. The first kappa shape index (κ1) is 34.1. The molecule has 0 spiro atoms. The molecule has 1 aromatic heterocycles. The fraction of sp³-hybridized carbons (Fsp3) is 0.286. The SMILES string of the molecule is C[C@H]1c2cccc(OCc3ccccc3)c2C(=O)[C@@]2(Sc3ccccc3)C(=O)[C@]3(O)C(=O)c4c(OCc5ccccc5)noc4[C@@H](N(C)C)[C@@H]3C[C@@H]12. The number of fused-ring (bicyclic) bond motifs is 4. The molecule has 264 valence electrons. The predicted octanol–water partition coefficient (Wildman–Crippen LogP) is 7.10. The van der Waals surface area contributed by atoms with E-state index in [1.807, 2.05) is 129 Å². The van der Waals surface area contributed by atoms with Gasteiger partial charge in [0, 0.05) is 10.8 Å². The lowest BCUT2D eigenvalue weighted by atomic mass is 9.51. The second-order valence-electron chi connectivity index (χ2n) is 14.0. The number of rotatable bonds is 9. The van der Waals surface area contributed by atoms with E-state index in [9.17, 15) is 9.90 Å². The first-order valence-electron chi connectivity index (χ1n) is 17.4. The molecule has 0 radical (unpaired) electrons. The summed E-state index contributed by atoms with van der Waals surface area (Å²) in [5.74, 6) is -3.56. The van der Waals surface area contributed by atoms with Gasteiger partial charge < -0.3 is 19.1 Å². The van der Waals surface area contributed by atoms with Crippen molar-refractivity contribution < 1.29 is 33.5 Å². The second-order valence-corrected chi connectivity index (χ2v) is 15.4. The van der Waals surface area contributed by atoms with Crippen molar-refractivity contribution in [3.8, 4) is 11.6 Å². The van der Waals surface area contributed by atoms with Crippen LogP contribution in [0.5, 0.6) is 11.6 Å². The number of aliphatic hydroxyl groups is 1. The molecule has 52 heavy (non-hydrogen) atoms. The van der Waals surface area contributed by atoms with Gasteiger partial charge in [-0.05, 0) is 72.4 Å². The van der Waals surface area contributed by atoms with Crippen molar-refractivity contribution in [2.45, 2.75) is 53.8 Å². The number of thioether (sulfide) groups is 1. The Hall–Kier alpha value is -5.03. The highest BCUT2D eigenvalue weighted by Crippen LogP contribution is 2.63. The lowest BCUT2D eigenvalue weighted by Gasteiger charge is -2.57. The van der Waals surface area contributed by atoms with Crippen molar-refractivity contribution in [1.29, 1.82) is 0 Å². The van der Waals surface area contributed by atoms with E-state index in [0.29, 0.717) is 16.2 Å². The third-order valence-electron chi connectivity index (χ3n) is 10.9. The summed E-state index contributed by atoms with van der Waals surface area (Å²) in [6, 6.07) is 33.0. The van der Waals surface area contributed by atoms with Crippen molar-refractivity contribution in [2.24, 2.45) is 11.8 Å². The van der Waals surface area contributed by atoms with Crippen LogP contribution in [0.3, 0.4) is 0 Å². The molecule has 1 heterocycles. The van der Waals surface area contributed by atoms with Crippen LogP contribution in [-0.4, -0.2) is 57.0 Å². The van der Waals surface area contributed by atoms with Gasteiger partial charge >= 0.3 is 0 Å². The van der Waals surface area contributed by atoms with Crippen molar-refractivity contribution in [3.63, 3.8) is 0 Å². The van der Waals surface area contributed by atoms with Crippen LogP contribution in [0.4, 0.5) is 0 Å². The molecule has 1 fully saturated rings. The normalized spacial score (nSPS) is 26.3. The Bertz CT molecular complexity index is 2160. The van der Waals surface area contributed by atoms with Crippen LogP contribution < -0.4 is 9.47 Å². The lowest BCUT2D eigenvalue weighted by Crippen LogP contribution is -2.72. The van der Waals surface area contributed by atoms with Gasteiger partial charge in [0.05, 0.1) is 11.6 Å². The van der Waals surface area contributed by atoms with Crippen molar-refractivity contribution in [2.75, 3.05) is 14.1 Å². The summed E-state index contributed by atoms with van der Waals surface area (Å²) in [6.45, 7) is 2.32. The molecule has 0 bridgehead atoms. The van der Waals surface area contributed by atoms with Crippen LogP contribution in [0, 0.1) is 11.8 Å². The molecule has 0 aliphatic heterocycles. The van der Waals surface area contributed by atoms with Gasteiger partial charge in [-0.2, -0.15) is 0 Å². The smallest absolute Gasteiger partial charge is 0.265 e. The second kappa shape index (κ2) is 13.2. The average Bonchev–Trinajstić information content (AvgIpc) is 3.59. The zero-order chi connectivity index (χ0) is 36.2. The van der Waals surface area contributed by atoms with Gasteiger partial charge in [-0.15, -0.1) is 11.8 Å². The van der Waals surface area contributed by atoms with Gasteiger partial charge in [0.25, 0.3) is 5.88 Å². The molecule has 4 aromatic carbocycles. The minimum Gasteiger partial charge on any atom is -0.488 e. The molecule has 5 aromatic rings. The number of hydrogen-bond acceptors (Lipinski definition) is 10. The van der Waals surface area contributed by atoms with E-state index in [4.69, 9.17) is 14.0 Å². The zero-order valence-corrected chi connectivity index (χ0v) is 29.8. The fourth-order valence-electron chi connectivity index (χ4n) is 8.45. The number of aromatic nitrogens is 1. The Labute approximate surface area is 305 Å². The number of ketones is 3. The lowest BCUT2D eigenvalue weighted by molar-refractivity contribution is -0.152. The highest BCUT2D eigenvalue weighted by Gasteiger charge is 2.74. The Kier molecular flexibility index (Phi) is 8.64. The molecule has 0 saturated heterocycles. The monoisotopic (exact) mass is 714 g/mol. The van der Waals surface area contributed by atoms with Gasteiger partial charge in [0.1, 0.15) is 29.3 Å². The quantitative estimate of drug-likeness (QED) is 0.158. The molecule has 1 saturated carbocycles. The van der Waals surface area contributed by atoms with Crippen LogP contribution in [0.25, 0.3) is 0 Å². The van der Waals surface area contributed by atoms with Crippen LogP contribution in [0.15, 0.2) is 119 Å². The summed E-state index contributed by atoms with van der Waals surface area (Å²) >= 11 is 1.11. The summed E-state index contributed by atoms with van der Waals surface area (Å²) < 4.78 is 16.3. The molecule has 0 unspecified atom stereocenters. The molecular formula is C42H38N2O7S. The summed E-state index contributed by atoms with van der Waals surface area (Å²) in [5, 5.41) is 17.1. The number of hydrogen-bond donors (Lipinski definition) is 1. The van der Waals surface area contributed by atoms with Gasteiger partial charge in [-0.3, -0.25) is 19.3 Å². The third-order valence-corrected chi connectivity index (χ3v) is 12.4. The van der Waals surface area contributed by atoms with Gasteiger partial charge in [0.2, 0.25) is 5.78 Å². The largest absolute Gasteiger partial charge is 0.488 e. The van der Waals surface area contributed by atoms with Crippen molar-refractivity contribution >= 4 is 29.1 Å².